The predicted molar refractivity (Wildman–Crippen MR) is 142 cm³/mol. The molecule has 1 aromatic heterocycles. The van der Waals surface area contributed by atoms with Crippen LogP contribution in [0.25, 0.3) is 22.3 Å². The summed E-state index contributed by atoms with van der Waals surface area (Å²) in [6.45, 7) is -1.67. The average molecular weight is 627 g/mol. The third-order valence-electron chi connectivity index (χ3n) is 7.35. The Hall–Kier alpha value is -3.75. The van der Waals surface area contributed by atoms with Crippen LogP contribution in [-0.2, 0) is 14.2 Å². The van der Waals surface area contributed by atoms with Crippen molar-refractivity contribution in [2.45, 2.75) is 61.4 Å². The number of benzene rings is 2. The van der Waals surface area contributed by atoms with E-state index in [2.05, 4.69) is 0 Å². The highest BCUT2D eigenvalue weighted by Gasteiger charge is 2.51. The number of rotatable bonds is 7. The van der Waals surface area contributed by atoms with Gasteiger partial charge in [-0.25, -0.2) is 0 Å². The number of hydrogen-bond donors (Lipinski definition) is 11. The molecule has 0 unspecified atom stereocenters. The van der Waals surface area contributed by atoms with Crippen LogP contribution in [0.1, 0.15) is 0 Å². The van der Waals surface area contributed by atoms with E-state index < -0.39 is 120 Å². The summed E-state index contributed by atoms with van der Waals surface area (Å²) in [7, 11) is 0. The lowest BCUT2D eigenvalue weighted by molar-refractivity contribution is -0.352. The highest BCUT2D eigenvalue weighted by atomic mass is 16.7. The first-order chi connectivity index (χ1) is 20.9. The monoisotopic (exact) mass is 626 g/mol. The molecule has 2 aliphatic heterocycles. The zero-order valence-electron chi connectivity index (χ0n) is 22.4. The Labute approximate surface area is 246 Å². The Morgan fingerprint density at radius 2 is 1.36 bits per heavy atom. The molecule has 0 saturated carbocycles. The first-order valence-corrected chi connectivity index (χ1v) is 13.2. The summed E-state index contributed by atoms with van der Waals surface area (Å²) in [5.74, 6) is -3.44. The van der Waals surface area contributed by atoms with Crippen LogP contribution in [0.2, 0.25) is 0 Å². The Balaban J connectivity index is 1.49. The van der Waals surface area contributed by atoms with Gasteiger partial charge < -0.3 is 79.5 Å². The minimum absolute atomic E-state index is 0.0504. The summed E-state index contributed by atoms with van der Waals surface area (Å²) < 4.78 is 27.8. The van der Waals surface area contributed by atoms with Crippen molar-refractivity contribution in [3.63, 3.8) is 0 Å². The van der Waals surface area contributed by atoms with E-state index in [-0.39, 0.29) is 11.1 Å². The molecule has 2 saturated heterocycles. The molecule has 240 valence electrons. The van der Waals surface area contributed by atoms with Gasteiger partial charge in [0.05, 0.1) is 13.2 Å². The molecule has 2 aromatic carbocycles. The van der Waals surface area contributed by atoms with Gasteiger partial charge in [-0.05, 0) is 18.2 Å². The predicted octanol–water partition coefficient (Wildman–Crippen LogP) is -2.71. The molecule has 10 atom stereocenters. The van der Waals surface area contributed by atoms with Crippen LogP contribution >= 0.6 is 0 Å². The number of fused-ring (bicyclic) bond motifs is 1. The first-order valence-electron chi connectivity index (χ1n) is 13.2. The van der Waals surface area contributed by atoms with Gasteiger partial charge in [0.15, 0.2) is 23.5 Å². The molecule has 3 heterocycles. The van der Waals surface area contributed by atoms with E-state index in [1.165, 1.54) is 6.07 Å². The van der Waals surface area contributed by atoms with E-state index in [0.29, 0.717) is 0 Å². The quantitative estimate of drug-likeness (QED) is 0.119. The van der Waals surface area contributed by atoms with E-state index in [1.807, 2.05) is 0 Å². The molecule has 2 fully saturated rings. The minimum atomic E-state index is -2.04. The Kier molecular flexibility index (Phi) is 8.87. The molecule has 11 N–H and O–H groups in total. The van der Waals surface area contributed by atoms with Crippen molar-refractivity contribution in [2.75, 3.05) is 13.2 Å². The van der Waals surface area contributed by atoms with E-state index in [1.54, 1.807) is 0 Å². The summed E-state index contributed by atoms with van der Waals surface area (Å²) >= 11 is 0. The van der Waals surface area contributed by atoms with Gasteiger partial charge in [0.2, 0.25) is 17.5 Å². The lowest BCUT2D eigenvalue weighted by Crippen LogP contribution is -2.65. The molecule has 0 spiro atoms. The van der Waals surface area contributed by atoms with Gasteiger partial charge in [-0.2, -0.15) is 0 Å². The van der Waals surface area contributed by atoms with Gasteiger partial charge in [0, 0.05) is 17.7 Å². The van der Waals surface area contributed by atoms with Gasteiger partial charge in [-0.1, -0.05) is 0 Å². The van der Waals surface area contributed by atoms with Crippen molar-refractivity contribution in [1.29, 1.82) is 0 Å². The van der Waals surface area contributed by atoms with E-state index >= 15 is 0 Å². The van der Waals surface area contributed by atoms with Gasteiger partial charge >= 0.3 is 0 Å². The minimum Gasteiger partial charge on any atom is -0.508 e. The number of aliphatic hydroxyl groups is 7. The fourth-order valence-corrected chi connectivity index (χ4v) is 5.00. The summed E-state index contributed by atoms with van der Waals surface area (Å²) in [5.41, 5.74) is -1.41. The zero-order valence-corrected chi connectivity index (χ0v) is 22.4. The Morgan fingerprint density at radius 1 is 0.705 bits per heavy atom. The fourth-order valence-electron chi connectivity index (χ4n) is 5.00. The van der Waals surface area contributed by atoms with Crippen molar-refractivity contribution in [3.05, 3.63) is 40.6 Å². The smallest absolute Gasteiger partial charge is 0.239 e. The van der Waals surface area contributed by atoms with Crippen molar-refractivity contribution in [1.82, 2.24) is 0 Å². The van der Waals surface area contributed by atoms with Crippen LogP contribution in [-0.4, -0.2) is 131 Å². The van der Waals surface area contributed by atoms with Gasteiger partial charge in [-0.3, -0.25) is 4.79 Å². The molecule has 0 bridgehead atoms. The lowest BCUT2D eigenvalue weighted by atomic mass is 9.97. The SMILES string of the molecule is O=c1c(O[C@@H]2O[C@H](CO)[C@@H](O[C@@H]3O[C@H](CO)[C@H](O)[C@H](O)[C@H]3O)[C@H](O)[C@H]2O)c(-c2ccc(O)c(O)c2)oc2cc(O)cc(O)c12. The number of hydrogen-bond acceptors (Lipinski definition) is 17. The average Bonchev–Trinajstić information content (AvgIpc) is 2.98. The summed E-state index contributed by atoms with van der Waals surface area (Å²) in [6.07, 6.45) is -17.7. The zero-order chi connectivity index (χ0) is 32.0. The van der Waals surface area contributed by atoms with Crippen LogP contribution < -0.4 is 10.2 Å². The summed E-state index contributed by atoms with van der Waals surface area (Å²) in [5, 5.41) is 111. The van der Waals surface area contributed by atoms with Gasteiger partial charge in [0.25, 0.3) is 0 Å². The number of phenols is 4. The Bertz CT molecular complexity index is 1550. The standard InChI is InChI=1S/C27H30O17/c28-6-14-17(34)19(36)21(38)26(41-14)43-24-15(7-29)42-27(22(39)20(24)37)44-25-18(35)16-12(33)4-9(30)5-13(16)40-23(25)8-1-2-10(31)11(32)3-8/h1-5,14-15,17,19-22,24,26-34,36-39H,6-7H2/t14-,15-,17+,19+,20-,21-,22-,24-,26+,27+/m1/s1. The molecule has 0 amide bonds. The molecule has 17 heteroatoms. The topological polar surface area (TPSA) is 290 Å². The normalized spacial score (nSPS) is 32.5. The molecule has 0 aliphatic carbocycles. The molecule has 0 radical (unpaired) electrons. The van der Waals surface area contributed by atoms with Crippen LogP contribution in [0, 0.1) is 0 Å². The van der Waals surface area contributed by atoms with Crippen LogP contribution in [0.15, 0.2) is 39.5 Å². The van der Waals surface area contributed by atoms with Crippen LogP contribution in [0.3, 0.4) is 0 Å². The second-order valence-electron chi connectivity index (χ2n) is 10.3. The van der Waals surface area contributed by atoms with Crippen LogP contribution in [0.4, 0.5) is 0 Å². The molecular formula is C27H30O17. The van der Waals surface area contributed by atoms with Crippen molar-refractivity contribution in [3.8, 4) is 40.1 Å². The first kappa shape index (κ1) is 31.7. The lowest BCUT2D eigenvalue weighted by Gasteiger charge is -2.45. The number of ether oxygens (including phenoxy) is 4. The van der Waals surface area contributed by atoms with E-state index in [4.69, 9.17) is 23.4 Å². The van der Waals surface area contributed by atoms with Crippen LogP contribution in [0.5, 0.6) is 28.7 Å². The second-order valence-corrected chi connectivity index (χ2v) is 10.3. The molecule has 44 heavy (non-hydrogen) atoms. The maximum Gasteiger partial charge on any atom is 0.239 e. The Morgan fingerprint density at radius 3 is 2.02 bits per heavy atom. The number of aromatic hydroxyl groups is 4. The molecule has 2 aliphatic rings. The van der Waals surface area contributed by atoms with Gasteiger partial charge in [0.1, 0.15) is 71.3 Å². The van der Waals surface area contributed by atoms with Crippen molar-refractivity contribution < 1.29 is 79.5 Å². The third-order valence-corrected chi connectivity index (χ3v) is 7.35. The molecular weight excluding hydrogens is 596 g/mol. The van der Waals surface area contributed by atoms with Crippen molar-refractivity contribution >= 4 is 11.0 Å². The number of phenolic OH excluding ortho intramolecular Hbond substituents is 4. The van der Waals surface area contributed by atoms with E-state index in [9.17, 15) is 61.0 Å². The van der Waals surface area contributed by atoms with Gasteiger partial charge in [-0.15, -0.1) is 0 Å². The maximum atomic E-state index is 13.6. The second kappa shape index (κ2) is 12.3. The van der Waals surface area contributed by atoms with Crippen molar-refractivity contribution in [2.24, 2.45) is 0 Å². The summed E-state index contributed by atoms with van der Waals surface area (Å²) in [6, 6.07) is 5.17. The molecule has 5 rings (SSSR count). The largest absolute Gasteiger partial charge is 0.508 e. The highest BCUT2D eigenvalue weighted by molar-refractivity contribution is 5.88. The van der Waals surface area contributed by atoms with E-state index in [0.717, 1.165) is 24.3 Å². The molecule has 3 aromatic rings. The molecule has 17 nitrogen and oxygen atoms in total. The highest BCUT2D eigenvalue weighted by Crippen LogP contribution is 2.39. The maximum absolute atomic E-state index is 13.6. The fraction of sp³-hybridized carbons (Fsp3) is 0.444. The summed E-state index contributed by atoms with van der Waals surface area (Å²) in [4.78, 5) is 13.6. The number of aliphatic hydroxyl groups excluding tert-OH is 7. The third kappa shape index (κ3) is 5.61.